The number of pyridine rings is 2. The summed E-state index contributed by atoms with van der Waals surface area (Å²) in [5.74, 6) is -0.122. The van der Waals surface area contributed by atoms with Crippen LogP contribution in [-0.2, 0) is 11.3 Å². The number of fused-ring (bicyclic) bond motifs is 1. The van der Waals surface area contributed by atoms with Gasteiger partial charge in [0.05, 0.1) is 38.7 Å². The number of H-pyrrole nitrogens is 1. The molecule has 50 heavy (non-hydrogen) atoms. The molecule has 0 unspecified atom stereocenters. The molecule has 1 N–H and O–H groups in total. The van der Waals surface area contributed by atoms with Gasteiger partial charge in [-0.1, -0.05) is 5.21 Å². The molecule has 2 fully saturated rings. The fourth-order valence-corrected chi connectivity index (χ4v) is 6.95. The molecule has 13 nitrogen and oxygen atoms in total. The second kappa shape index (κ2) is 14.1. The summed E-state index contributed by atoms with van der Waals surface area (Å²) in [6.07, 6.45) is 9.40. The van der Waals surface area contributed by atoms with Crippen LogP contribution in [0.1, 0.15) is 41.2 Å². The molecule has 0 radical (unpaired) electrons. The molecule has 1 atom stereocenters. The highest BCUT2D eigenvalue weighted by Gasteiger charge is 2.31. The van der Waals surface area contributed by atoms with Crippen LogP contribution in [0.15, 0.2) is 55.2 Å². The summed E-state index contributed by atoms with van der Waals surface area (Å²) in [4.78, 5) is 44.1. The van der Waals surface area contributed by atoms with E-state index in [1.807, 2.05) is 11.0 Å². The molecular weight excluding hydrogens is 648 g/mol. The quantitative estimate of drug-likeness (QED) is 0.242. The van der Waals surface area contributed by atoms with Crippen molar-refractivity contribution in [3.05, 3.63) is 78.1 Å². The van der Waals surface area contributed by atoms with Crippen molar-refractivity contribution in [1.82, 2.24) is 39.7 Å². The standard InChI is InChI=1S/C35H37F2N9O4/c1-49-29-5-7-38-20-27(29)25-17-24(22-4-3-9-45(21-22)31(47)6-10-46-11-8-40-42-46)32(37)33-26(25)18-28(41-33)35(48)44-14-12-43(13-15-44)34-30(50-2)16-23(36)19-39-34/h5,7-8,11,16-20,22,41H,3-4,6,9-10,12-15,21H2,1-2H3/t22-/m0/s1. The number of benzene rings is 1. The van der Waals surface area contributed by atoms with Crippen LogP contribution in [0.3, 0.4) is 0 Å². The second-order valence-corrected chi connectivity index (χ2v) is 12.4. The third-order valence-electron chi connectivity index (χ3n) is 9.53. The Morgan fingerprint density at radius 2 is 1.78 bits per heavy atom. The van der Waals surface area contributed by atoms with Crippen molar-refractivity contribution in [3.8, 4) is 22.6 Å². The Labute approximate surface area is 286 Å². The van der Waals surface area contributed by atoms with E-state index in [1.54, 1.807) is 58.5 Å². The number of likely N-dealkylation sites (tertiary alicyclic amines) is 1. The van der Waals surface area contributed by atoms with Crippen molar-refractivity contribution in [1.29, 1.82) is 0 Å². The Hall–Kier alpha value is -5.60. The van der Waals surface area contributed by atoms with Gasteiger partial charge in [-0.05, 0) is 42.2 Å². The number of amides is 2. The molecule has 2 saturated heterocycles. The zero-order chi connectivity index (χ0) is 34.8. The number of carbonyl (C=O) groups is 2. The third-order valence-corrected chi connectivity index (χ3v) is 9.53. The number of rotatable bonds is 9. The number of hydrogen-bond acceptors (Lipinski definition) is 9. The number of anilines is 1. The van der Waals surface area contributed by atoms with E-state index in [4.69, 9.17) is 9.47 Å². The Balaban J connectivity index is 1.17. The van der Waals surface area contributed by atoms with Crippen LogP contribution in [0.4, 0.5) is 14.6 Å². The molecule has 15 heteroatoms. The maximum atomic E-state index is 16.7. The highest BCUT2D eigenvalue weighted by atomic mass is 19.1. The fraction of sp³-hybridized carbons (Fsp3) is 0.371. The van der Waals surface area contributed by atoms with E-state index >= 15 is 4.39 Å². The van der Waals surface area contributed by atoms with Crippen LogP contribution >= 0.6 is 0 Å². The number of nitrogens with one attached hydrogen (secondary N) is 1. The minimum absolute atomic E-state index is 0.0256. The first-order chi connectivity index (χ1) is 24.3. The zero-order valence-electron chi connectivity index (χ0n) is 27.8. The average molecular weight is 686 g/mol. The van der Waals surface area contributed by atoms with Crippen LogP contribution in [0.25, 0.3) is 22.0 Å². The minimum atomic E-state index is -0.495. The SMILES string of the molecule is COc1ccncc1-c1cc([C@H]2CCCN(C(=O)CCn3ccnn3)C2)c(F)c2[nH]c(C(=O)N3CCN(c4ncc(F)cc4OC)CC3)cc12. The first-order valence-corrected chi connectivity index (χ1v) is 16.5. The lowest BCUT2D eigenvalue weighted by atomic mass is 9.87. The first-order valence-electron chi connectivity index (χ1n) is 16.5. The number of nitrogens with zero attached hydrogens (tertiary/aromatic N) is 8. The molecule has 6 heterocycles. The number of ether oxygens (including phenoxy) is 2. The number of hydrogen-bond donors (Lipinski definition) is 1. The number of piperidine rings is 1. The second-order valence-electron chi connectivity index (χ2n) is 12.4. The van der Waals surface area contributed by atoms with E-state index < -0.39 is 11.6 Å². The smallest absolute Gasteiger partial charge is 0.270 e. The molecular formula is C35H37F2N9O4. The Kier molecular flexibility index (Phi) is 9.28. The summed E-state index contributed by atoms with van der Waals surface area (Å²) in [5, 5.41) is 8.26. The number of carbonyl (C=O) groups excluding carboxylic acids is 2. The summed E-state index contributed by atoms with van der Waals surface area (Å²) in [7, 11) is 3.02. The van der Waals surface area contributed by atoms with Crippen molar-refractivity contribution < 1.29 is 27.8 Å². The van der Waals surface area contributed by atoms with Gasteiger partial charge in [0.25, 0.3) is 5.91 Å². The van der Waals surface area contributed by atoms with Crippen LogP contribution < -0.4 is 14.4 Å². The van der Waals surface area contributed by atoms with E-state index in [9.17, 15) is 14.0 Å². The molecule has 2 amide bonds. The summed E-state index contributed by atoms with van der Waals surface area (Å²) in [5.41, 5.74) is 2.25. The lowest BCUT2D eigenvalue weighted by Gasteiger charge is -2.35. The summed E-state index contributed by atoms with van der Waals surface area (Å²) in [6, 6.07) is 6.52. The van der Waals surface area contributed by atoms with E-state index in [0.29, 0.717) is 91.6 Å². The van der Waals surface area contributed by atoms with Gasteiger partial charge in [0.1, 0.15) is 17.3 Å². The predicted molar refractivity (Wildman–Crippen MR) is 180 cm³/mol. The third kappa shape index (κ3) is 6.42. The fourth-order valence-electron chi connectivity index (χ4n) is 6.95. The van der Waals surface area contributed by atoms with Crippen LogP contribution in [0.5, 0.6) is 11.5 Å². The van der Waals surface area contributed by atoms with Crippen LogP contribution in [0.2, 0.25) is 0 Å². The number of halogens is 2. The highest BCUT2D eigenvalue weighted by molar-refractivity contribution is 6.04. The first kappa shape index (κ1) is 32.9. The van der Waals surface area contributed by atoms with Crippen LogP contribution in [-0.4, -0.2) is 105 Å². The molecule has 260 valence electrons. The Morgan fingerprint density at radius 1 is 0.960 bits per heavy atom. The molecule has 1 aromatic carbocycles. The largest absolute Gasteiger partial charge is 0.496 e. The molecule has 2 aliphatic rings. The van der Waals surface area contributed by atoms with Gasteiger partial charge >= 0.3 is 0 Å². The maximum absolute atomic E-state index is 16.7. The number of piperazine rings is 1. The number of aromatic amines is 1. The Morgan fingerprint density at radius 3 is 2.54 bits per heavy atom. The van der Waals surface area contributed by atoms with Gasteiger partial charge in [-0.25, -0.2) is 13.8 Å². The predicted octanol–water partition coefficient (Wildman–Crippen LogP) is 4.27. The maximum Gasteiger partial charge on any atom is 0.270 e. The van der Waals surface area contributed by atoms with Gasteiger partial charge < -0.3 is 29.2 Å². The monoisotopic (exact) mass is 685 g/mol. The minimum Gasteiger partial charge on any atom is -0.496 e. The molecule has 0 saturated carbocycles. The van der Waals surface area contributed by atoms with E-state index in [2.05, 4.69) is 25.3 Å². The summed E-state index contributed by atoms with van der Waals surface area (Å²) in [6.45, 7) is 3.02. The van der Waals surface area contributed by atoms with Crippen molar-refractivity contribution >= 4 is 28.5 Å². The van der Waals surface area contributed by atoms with Crippen molar-refractivity contribution in [2.45, 2.75) is 31.7 Å². The van der Waals surface area contributed by atoms with Gasteiger partial charge in [0, 0.05) is 87.2 Å². The average Bonchev–Trinajstić information content (AvgIpc) is 3.85. The van der Waals surface area contributed by atoms with Crippen LogP contribution in [0, 0.1) is 11.6 Å². The van der Waals surface area contributed by atoms with E-state index in [0.717, 1.165) is 12.6 Å². The number of aryl methyl sites for hydroxylation is 1. The van der Waals surface area contributed by atoms with Gasteiger partial charge in [-0.2, -0.15) is 0 Å². The molecule has 5 aromatic rings. The lowest BCUT2D eigenvalue weighted by molar-refractivity contribution is -0.132. The zero-order valence-corrected chi connectivity index (χ0v) is 27.8. The van der Waals surface area contributed by atoms with Gasteiger partial charge in [0.2, 0.25) is 5.91 Å². The molecule has 7 rings (SSSR count). The van der Waals surface area contributed by atoms with E-state index in [-0.39, 0.29) is 35.4 Å². The number of aromatic nitrogens is 6. The van der Waals surface area contributed by atoms with Gasteiger partial charge in [-0.15, -0.1) is 5.10 Å². The van der Waals surface area contributed by atoms with Crippen molar-refractivity contribution in [2.24, 2.45) is 0 Å². The number of methoxy groups -OCH3 is 2. The molecule has 0 bridgehead atoms. The Bertz CT molecular complexity index is 2010. The van der Waals surface area contributed by atoms with Crippen molar-refractivity contribution in [2.75, 3.05) is 58.4 Å². The van der Waals surface area contributed by atoms with Gasteiger partial charge in [-0.3, -0.25) is 19.3 Å². The summed E-state index contributed by atoms with van der Waals surface area (Å²) < 4.78 is 43.0. The van der Waals surface area contributed by atoms with Gasteiger partial charge in [0.15, 0.2) is 17.4 Å². The van der Waals surface area contributed by atoms with Crippen molar-refractivity contribution in [3.63, 3.8) is 0 Å². The molecule has 0 aliphatic carbocycles. The lowest BCUT2D eigenvalue weighted by Crippen LogP contribution is -2.49. The molecule has 0 spiro atoms. The topological polar surface area (TPSA) is 135 Å². The molecule has 2 aliphatic heterocycles. The normalized spacial score (nSPS) is 16.6. The summed E-state index contributed by atoms with van der Waals surface area (Å²) >= 11 is 0. The highest BCUT2D eigenvalue weighted by Crippen LogP contribution is 2.41. The molecule has 4 aromatic heterocycles. The van der Waals surface area contributed by atoms with E-state index in [1.165, 1.54) is 13.2 Å².